The number of ketones is 1. The van der Waals surface area contributed by atoms with Crippen molar-refractivity contribution in [3.8, 4) is 0 Å². The Morgan fingerprint density at radius 3 is 2.02 bits per heavy atom. The molecule has 8 rings (SSSR count). The Labute approximate surface area is 278 Å². The molecule has 0 aromatic carbocycles. The lowest BCUT2D eigenvalue weighted by molar-refractivity contribution is -0.254. The largest absolute Gasteiger partial charge is 0.462 e. The zero-order valence-electron chi connectivity index (χ0n) is 28.8. The van der Waals surface area contributed by atoms with Crippen LogP contribution in [0.15, 0.2) is 0 Å². The molecule has 3 heterocycles. The Morgan fingerprint density at radius 2 is 1.42 bits per heavy atom. The first-order valence-corrected chi connectivity index (χ1v) is 17.2. The third-order valence-corrected chi connectivity index (χ3v) is 15.1. The number of hydrogen-bond acceptors (Lipinski definition) is 13. The number of aliphatic hydroxyl groups excluding tert-OH is 1. The minimum Gasteiger partial charge on any atom is -0.462 e. The van der Waals surface area contributed by atoms with Crippen LogP contribution >= 0.6 is 0 Å². The highest BCUT2D eigenvalue weighted by atomic mass is 16.8. The van der Waals surface area contributed by atoms with Crippen molar-refractivity contribution >= 4 is 29.7 Å². The molecule has 13 heteroatoms. The van der Waals surface area contributed by atoms with Gasteiger partial charge in [0.25, 0.3) is 0 Å². The number of Topliss-reactive ketones (excluding diaryl/α,β-unsaturated/α-hetero) is 1. The summed E-state index contributed by atoms with van der Waals surface area (Å²) >= 11 is 0. The molecule has 3 aliphatic heterocycles. The Bertz CT molecular complexity index is 1540. The molecule has 1 spiro atoms. The second-order valence-corrected chi connectivity index (χ2v) is 16.9. The van der Waals surface area contributed by atoms with Gasteiger partial charge in [-0.1, -0.05) is 27.7 Å². The molecule has 3 saturated heterocycles. The fourth-order valence-electron chi connectivity index (χ4n) is 13.4. The molecule has 0 amide bonds. The van der Waals surface area contributed by atoms with E-state index in [0.717, 1.165) is 0 Å². The van der Waals surface area contributed by atoms with E-state index >= 15 is 0 Å². The van der Waals surface area contributed by atoms with Crippen LogP contribution in [-0.4, -0.2) is 94.0 Å². The molecule has 8 fully saturated rings. The van der Waals surface area contributed by atoms with Gasteiger partial charge in [0.2, 0.25) is 5.79 Å². The Kier molecular flexibility index (Phi) is 6.37. The van der Waals surface area contributed by atoms with Gasteiger partial charge in [-0.15, -0.1) is 0 Å². The average molecular weight is 675 g/mol. The summed E-state index contributed by atoms with van der Waals surface area (Å²) in [7, 11) is 0. The maximum absolute atomic E-state index is 14.8. The number of ether oxygens (including phenoxy) is 6. The minimum atomic E-state index is -2.05. The number of aliphatic hydroxyl groups is 2. The van der Waals surface area contributed by atoms with Gasteiger partial charge < -0.3 is 38.6 Å². The van der Waals surface area contributed by atoms with Gasteiger partial charge >= 0.3 is 23.9 Å². The fourth-order valence-corrected chi connectivity index (χ4v) is 13.4. The van der Waals surface area contributed by atoms with Crippen LogP contribution in [0.25, 0.3) is 0 Å². The summed E-state index contributed by atoms with van der Waals surface area (Å²) in [6.45, 7) is 14.7. The molecule has 2 N–H and O–H groups in total. The molecule has 13 nitrogen and oxygen atoms in total. The Hall–Kier alpha value is -2.61. The van der Waals surface area contributed by atoms with Crippen LogP contribution in [-0.2, 0) is 52.4 Å². The average Bonchev–Trinajstić information content (AvgIpc) is 3.88. The molecular weight excluding hydrogens is 628 g/mol. The summed E-state index contributed by atoms with van der Waals surface area (Å²) in [6.07, 6.45) is -5.18. The topological polar surface area (TPSA) is 188 Å². The molecule has 264 valence electrons. The summed E-state index contributed by atoms with van der Waals surface area (Å²) in [4.78, 5) is 66.4. The molecular formula is C35H46O13. The van der Waals surface area contributed by atoms with Crippen LogP contribution in [0.2, 0.25) is 0 Å². The molecule has 5 aliphatic carbocycles. The zero-order chi connectivity index (χ0) is 35.0. The summed E-state index contributed by atoms with van der Waals surface area (Å²) in [5.41, 5.74) is -5.59. The van der Waals surface area contributed by atoms with Crippen molar-refractivity contribution in [3.05, 3.63) is 0 Å². The number of hydrogen-bond donors (Lipinski definition) is 2. The number of carbonyl (C=O) groups excluding carboxylic acids is 5. The maximum atomic E-state index is 14.8. The number of fused-ring (bicyclic) bond motifs is 9. The van der Waals surface area contributed by atoms with Gasteiger partial charge in [0.1, 0.15) is 24.4 Å². The Balaban J connectivity index is 1.37. The summed E-state index contributed by atoms with van der Waals surface area (Å²) in [6, 6.07) is 0. The number of carbonyl (C=O) groups is 5. The smallest absolute Gasteiger partial charge is 0.341 e. The molecule has 8 aliphatic rings. The molecule has 0 aromatic rings. The zero-order valence-corrected chi connectivity index (χ0v) is 28.8. The normalized spacial score (nSPS) is 59.6. The molecule has 5 saturated carbocycles. The quantitative estimate of drug-likeness (QED) is 0.248. The van der Waals surface area contributed by atoms with Crippen LogP contribution in [0.5, 0.6) is 0 Å². The predicted molar refractivity (Wildman–Crippen MR) is 159 cm³/mol. The summed E-state index contributed by atoms with van der Waals surface area (Å²) < 4.78 is 36.3. The SMILES string of the molecule is CC(=O)O[C@H]1C(=O)[C@H]2C[C@@H]3O[C@@H]3[C@H](OC(C)=O)[C@]2(C)C2[C@@H]1[C@@H]1[C@@H](O)[C@@H]3[C@H]([C@H](C)[C@@H]4O[C@@]45OC(=O)[C@@](C)(O)[C@]35C)[C@@]1(C)[C@@H](OC(C)=O)[C@H]2C. The van der Waals surface area contributed by atoms with Gasteiger partial charge in [0.05, 0.1) is 17.6 Å². The summed E-state index contributed by atoms with van der Waals surface area (Å²) in [5.74, 6) is -9.43. The van der Waals surface area contributed by atoms with Gasteiger partial charge in [-0.3, -0.25) is 19.2 Å². The first-order chi connectivity index (χ1) is 22.2. The van der Waals surface area contributed by atoms with Crippen LogP contribution in [0, 0.1) is 63.6 Å². The van der Waals surface area contributed by atoms with Crippen molar-refractivity contribution in [2.24, 2.45) is 63.6 Å². The monoisotopic (exact) mass is 674 g/mol. The van der Waals surface area contributed by atoms with Gasteiger partial charge in [0, 0.05) is 55.3 Å². The minimum absolute atomic E-state index is 0.301. The van der Waals surface area contributed by atoms with Crippen molar-refractivity contribution in [2.45, 2.75) is 123 Å². The van der Waals surface area contributed by atoms with Crippen molar-refractivity contribution in [1.82, 2.24) is 0 Å². The molecule has 20 atom stereocenters. The standard InChI is InChI=1S/C35H46O13/c1-11-19-18(26(43-13(3)36)23(39)16-10-17-25(46-17)29(31(16,19)6)45-15(5)38)21-24(40)22-20(32(21,7)27(11)44-14(4)37)12(2)28-35(47-28)33(22,8)34(9,42)30(41)48-35/h11-12,16-22,24-29,40,42H,10H2,1-9H3/t11-,12-,16+,17-,18+,19?,20-,21+,22-,24+,25-,26+,27-,28-,29-,31-,32+,33-,34+,35+/m0/s1. The van der Waals surface area contributed by atoms with E-state index in [9.17, 15) is 34.2 Å². The van der Waals surface area contributed by atoms with Crippen LogP contribution in [0.1, 0.15) is 68.7 Å². The maximum Gasteiger partial charge on any atom is 0.341 e. The van der Waals surface area contributed by atoms with E-state index in [1.54, 1.807) is 6.92 Å². The molecule has 48 heavy (non-hydrogen) atoms. The van der Waals surface area contributed by atoms with E-state index in [0.29, 0.717) is 6.42 Å². The van der Waals surface area contributed by atoms with E-state index in [1.165, 1.54) is 27.7 Å². The molecule has 0 aromatic heterocycles. The lowest BCUT2D eigenvalue weighted by Gasteiger charge is -2.66. The van der Waals surface area contributed by atoms with Crippen LogP contribution < -0.4 is 0 Å². The highest BCUT2D eigenvalue weighted by Gasteiger charge is 2.93. The number of esters is 4. The van der Waals surface area contributed by atoms with Crippen molar-refractivity contribution in [3.63, 3.8) is 0 Å². The first kappa shape index (κ1) is 32.6. The van der Waals surface area contributed by atoms with Crippen molar-refractivity contribution < 1.29 is 62.6 Å². The fraction of sp³-hybridized carbons (Fsp3) is 0.857. The van der Waals surface area contributed by atoms with E-state index in [2.05, 4.69) is 0 Å². The van der Waals surface area contributed by atoms with Crippen molar-refractivity contribution in [1.29, 1.82) is 0 Å². The van der Waals surface area contributed by atoms with E-state index < -0.39 is 130 Å². The third-order valence-electron chi connectivity index (χ3n) is 15.1. The second kappa shape index (κ2) is 9.38. The Morgan fingerprint density at radius 1 is 0.812 bits per heavy atom. The summed E-state index contributed by atoms with van der Waals surface area (Å²) in [5, 5.41) is 24.8. The van der Waals surface area contributed by atoms with E-state index in [-0.39, 0.29) is 17.8 Å². The van der Waals surface area contributed by atoms with Gasteiger partial charge in [0.15, 0.2) is 17.5 Å². The number of epoxide rings is 2. The molecule has 0 radical (unpaired) electrons. The van der Waals surface area contributed by atoms with E-state index in [4.69, 9.17) is 28.4 Å². The first-order valence-electron chi connectivity index (χ1n) is 17.2. The lowest BCUT2D eigenvalue weighted by Crippen LogP contribution is -2.72. The number of rotatable bonds is 3. The highest BCUT2D eigenvalue weighted by Crippen LogP contribution is 2.81. The van der Waals surface area contributed by atoms with Gasteiger partial charge in [-0.2, -0.15) is 0 Å². The van der Waals surface area contributed by atoms with Crippen molar-refractivity contribution in [2.75, 3.05) is 0 Å². The van der Waals surface area contributed by atoms with Gasteiger partial charge in [-0.25, -0.2) is 4.79 Å². The van der Waals surface area contributed by atoms with Crippen LogP contribution in [0.3, 0.4) is 0 Å². The molecule has 0 bridgehead atoms. The van der Waals surface area contributed by atoms with E-state index in [1.807, 2.05) is 27.7 Å². The predicted octanol–water partition coefficient (Wildman–Crippen LogP) is 1.33. The lowest BCUT2D eigenvalue weighted by atomic mass is 9.39. The third kappa shape index (κ3) is 3.40. The molecule has 1 unspecified atom stereocenters. The highest BCUT2D eigenvalue weighted by molar-refractivity contribution is 5.90. The van der Waals surface area contributed by atoms with Gasteiger partial charge in [-0.05, 0) is 43.9 Å². The van der Waals surface area contributed by atoms with Crippen LogP contribution in [0.4, 0.5) is 0 Å². The second-order valence-electron chi connectivity index (χ2n) is 16.9.